The lowest BCUT2D eigenvalue weighted by Gasteiger charge is -2.15. The largest absolute Gasteiger partial charge is 0.493 e. The number of hydroxylamine groups is 1. The lowest BCUT2D eigenvalue weighted by molar-refractivity contribution is -0.136. The van der Waals surface area contributed by atoms with E-state index in [2.05, 4.69) is 29.7 Å². The molecule has 0 aliphatic heterocycles. The van der Waals surface area contributed by atoms with Crippen molar-refractivity contribution in [1.29, 1.82) is 0 Å². The van der Waals surface area contributed by atoms with Gasteiger partial charge in [-0.05, 0) is 29.7 Å². The molecule has 0 spiro atoms. The summed E-state index contributed by atoms with van der Waals surface area (Å²) in [5, 5.41) is 9.04. The summed E-state index contributed by atoms with van der Waals surface area (Å²) in [5.74, 6) is -0.0169. The van der Waals surface area contributed by atoms with Gasteiger partial charge < -0.3 is 14.6 Å². The van der Waals surface area contributed by atoms with E-state index in [1.165, 1.54) is 12.7 Å². The lowest BCUT2D eigenvalue weighted by atomic mass is 10.0. The van der Waals surface area contributed by atoms with Crippen LogP contribution in [0.4, 0.5) is 0 Å². The Kier molecular flexibility index (Phi) is 8.29. The number of nitrogens with one attached hydrogen (secondary N) is 1. The minimum atomic E-state index is -0.927. The fourth-order valence-electron chi connectivity index (χ4n) is 3.29. The summed E-state index contributed by atoms with van der Waals surface area (Å²) in [6.45, 7) is 2.49. The molecule has 0 saturated carbocycles. The summed E-state index contributed by atoms with van der Waals surface area (Å²) < 4.78 is 11.1. The van der Waals surface area contributed by atoms with Crippen LogP contribution in [0, 0.1) is 0 Å². The predicted octanol–water partition coefficient (Wildman–Crippen LogP) is 4.95. The fourth-order valence-corrected chi connectivity index (χ4v) is 3.29. The number of carboxylic acids is 1. The molecule has 0 radical (unpaired) electrons. The van der Waals surface area contributed by atoms with Gasteiger partial charge in [0.25, 0.3) is 0 Å². The van der Waals surface area contributed by atoms with Crippen LogP contribution in [0.3, 0.4) is 0 Å². The lowest BCUT2D eigenvalue weighted by Crippen LogP contribution is -2.18. The second-order valence-electron chi connectivity index (χ2n) is 6.96. The Labute approximate surface area is 188 Å². The highest BCUT2D eigenvalue weighted by atomic mass is 16.7. The first kappa shape index (κ1) is 22.9. The number of carbonyl (C=O) groups is 1. The van der Waals surface area contributed by atoms with E-state index in [-0.39, 0.29) is 19.6 Å². The topological polar surface area (TPSA) is 77.0 Å². The highest BCUT2D eigenvalue weighted by molar-refractivity contribution is 5.72. The zero-order valence-corrected chi connectivity index (χ0v) is 18.2. The van der Waals surface area contributed by atoms with Crippen molar-refractivity contribution in [2.24, 2.45) is 0 Å². The van der Waals surface area contributed by atoms with Gasteiger partial charge in [0.05, 0.1) is 19.2 Å². The van der Waals surface area contributed by atoms with Crippen molar-refractivity contribution in [2.75, 3.05) is 20.3 Å². The van der Waals surface area contributed by atoms with Crippen LogP contribution in [0.1, 0.15) is 18.1 Å². The Morgan fingerprint density at radius 2 is 1.66 bits per heavy atom. The van der Waals surface area contributed by atoms with E-state index >= 15 is 0 Å². The van der Waals surface area contributed by atoms with Crippen molar-refractivity contribution in [3.63, 3.8) is 0 Å². The number of carboxylic acid groups (broad SMARTS) is 1. The molecule has 0 amide bonds. The maximum atomic E-state index is 11.0. The van der Waals surface area contributed by atoms with Gasteiger partial charge in [0, 0.05) is 5.56 Å². The number of allylic oxidation sites excluding steroid dienone is 1. The van der Waals surface area contributed by atoms with Gasteiger partial charge in [-0.1, -0.05) is 72.8 Å². The van der Waals surface area contributed by atoms with E-state index in [1.54, 1.807) is 18.2 Å². The van der Waals surface area contributed by atoms with Crippen LogP contribution in [0.15, 0.2) is 78.9 Å². The van der Waals surface area contributed by atoms with E-state index < -0.39 is 5.97 Å². The quantitative estimate of drug-likeness (QED) is 0.329. The molecule has 166 valence electrons. The molecule has 2 N–H and O–H groups in total. The van der Waals surface area contributed by atoms with Gasteiger partial charge in [-0.15, -0.1) is 0 Å². The summed E-state index contributed by atoms with van der Waals surface area (Å²) in [7, 11) is 1.49. The molecule has 0 atom stereocenters. The Morgan fingerprint density at radius 1 is 0.938 bits per heavy atom. The molecule has 32 heavy (non-hydrogen) atoms. The van der Waals surface area contributed by atoms with Crippen LogP contribution in [-0.2, 0) is 16.1 Å². The van der Waals surface area contributed by atoms with Crippen LogP contribution in [0.25, 0.3) is 16.8 Å². The van der Waals surface area contributed by atoms with Gasteiger partial charge in [-0.3, -0.25) is 15.1 Å². The standard InChI is InChI=1S/C26H27NO5/c1-3-23(21-14-12-20(13-15-21)19-8-5-4-6-9-19)27-32-17-16-31-24-11-7-10-22(18-25(28)29)26(24)30-2/h3-15,27H,16-18H2,1-2H3,(H,28,29). The minimum Gasteiger partial charge on any atom is -0.493 e. The number of methoxy groups -OCH3 is 1. The SMILES string of the molecule is CC=C(NOCCOc1cccc(CC(=O)O)c1OC)c1ccc(-c2ccccc2)cc1. The second-order valence-corrected chi connectivity index (χ2v) is 6.96. The van der Waals surface area contributed by atoms with Crippen molar-refractivity contribution >= 4 is 11.7 Å². The molecule has 0 fully saturated rings. The molecule has 0 saturated heterocycles. The van der Waals surface area contributed by atoms with Crippen LogP contribution >= 0.6 is 0 Å². The molecule has 0 heterocycles. The Bertz CT molecular complexity index is 1050. The molecular weight excluding hydrogens is 406 g/mol. The number of aliphatic carboxylic acids is 1. The first-order chi connectivity index (χ1) is 15.6. The smallest absolute Gasteiger partial charge is 0.307 e. The molecule has 3 aromatic carbocycles. The molecular formula is C26H27NO5. The van der Waals surface area contributed by atoms with Crippen molar-refractivity contribution in [1.82, 2.24) is 5.48 Å². The van der Waals surface area contributed by atoms with E-state index in [1.807, 2.05) is 43.3 Å². The average Bonchev–Trinajstić information content (AvgIpc) is 2.82. The summed E-state index contributed by atoms with van der Waals surface area (Å²) in [6.07, 6.45) is 1.81. The average molecular weight is 434 g/mol. The van der Waals surface area contributed by atoms with Crippen molar-refractivity contribution in [3.05, 3.63) is 90.0 Å². The third-order valence-electron chi connectivity index (χ3n) is 4.82. The highest BCUT2D eigenvalue weighted by Gasteiger charge is 2.13. The second kappa shape index (κ2) is 11.6. The summed E-state index contributed by atoms with van der Waals surface area (Å²) >= 11 is 0. The van der Waals surface area contributed by atoms with Gasteiger partial charge >= 0.3 is 5.97 Å². The van der Waals surface area contributed by atoms with Crippen LogP contribution in [0.5, 0.6) is 11.5 Å². The number of para-hydroxylation sites is 1. The molecule has 6 heteroatoms. The van der Waals surface area contributed by atoms with Crippen LogP contribution in [0.2, 0.25) is 0 Å². The molecule has 3 aromatic rings. The van der Waals surface area contributed by atoms with Gasteiger partial charge in [0.15, 0.2) is 11.5 Å². The predicted molar refractivity (Wildman–Crippen MR) is 124 cm³/mol. The minimum absolute atomic E-state index is 0.133. The molecule has 3 rings (SSSR count). The molecule has 0 bridgehead atoms. The third kappa shape index (κ3) is 6.12. The maximum absolute atomic E-state index is 11.0. The fraction of sp³-hybridized carbons (Fsp3) is 0.192. The van der Waals surface area contributed by atoms with Gasteiger partial charge in [-0.2, -0.15) is 0 Å². The summed E-state index contributed by atoms with van der Waals surface area (Å²) in [6, 6.07) is 23.7. The van der Waals surface area contributed by atoms with E-state index in [0.717, 1.165) is 16.8 Å². The first-order valence-electron chi connectivity index (χ1n) is 10.3. The number of ether oxygens (including phenoxy) is 2. The number of rotatable bonds is 11. The normalized spacial score (nSPS) is 11.1. The van der Waals surface area contributed by atoms with E-state index in [9.17, 15) is 4.79 Å². The molecule has 6 nitrogen and oxygen atoms in total. The van der Waals surface area contributed by atoms with Crippen molar-refractivity contribution in [2.45, 2.75) is 13.3 Å². The number of hydrogen-bond acceptors (Lipinski definition) is 5. The highest BCUT2D eigenvalue weighted by Crippen LogP contribution is 2.31. The third-order valence-corrected chi connectivity index (χ3v) is 4.82. The van der Waals surface area contributed by atoms with E-state index in [4.69, 9.17) is 19.4 Å². The van der Waals surface area contributed by atoms with Crippen molar-refractivity contribution < 1.29 is 24.2 Å². The summed E-state index contributed by atoms with van der Waals surface area (Å²) in [4.78, 5) is 16.6. The Balaban J connectivity index is 1.51. The monoisotopic (exact) mass is 433 g/mol. The number of benzene rings is 3. The number of hydrogen-bond donors (Lipinski definition) is 2. The van der Waals surface area contributed by atoms with Crippen LogP contribution in [-0.4, -0.2) is 31.4 Å². The molecule has 0 unspecified atom stereocenters. The summed E-state index contributed by atoms with van der Waals surface area (Å²) in [5.41, 5.74) is 7.72. The molecule has 0 aromatic heterocycles. The molecule has 0 aliphatic rings. The van der Waals surface area contributed by atoms with E-state index in [0.29, 0.717) is 17.1 Å². The van der Waals surface area contributed by atoms with Gasteiger partial charge in [-0.25, -0.2) is 0 Å². The Morgan fingerprint density at radius 3 is 2.31 bits per heavy atom. The van der Waals surface area contributed by atoms with Gasteiger partial charge in [0.1, 0.15) is 13.2 Å². The Hall–Kier alpha value is -3.77. The van der Waals surface area contributed by atoms with Crippen LogP contribution < -0.4 is 15.0 Å². The molecule has 0 aliphatic carbocycles. The van der Waals surface area contributed by atoms with Gasteiger partial charge in [0.2, 0.25) is 0 Å². The first-order valence-corrected chi connectivity index (χ1v) is 10.3. The maximum Gasteiger partial charge on any atom is 0.307 e. The van der Waals surface area contributed by atoms with Crippen molar-refractivity contribution in [3.8, 4) is 22.6 Å². The zero-order valence-electron chi connectivity index (χ0n) is 18.2. The zero-order chi connectivity index (χ0) is 22.8.